The third-order valence-electron chi connectivity index (χ3n) is 2.61. The summed E-state index contributed by atoms with van der Waals surface area (Å²) in [6.07, 6.45) is 0.513. The zero-order valence-corrected chi connectivity index (χ0v) is 11.9. The van der Waals surface area contributed by atoms with Gasteiger partial charge in [-0.15, -0.1) is 10.2 Å². The van der Waals surface area contributed by atoms with E-state index in [1.54, 1.807) is 0 Å². The lowest BCUT2D eigenvalue weighted by Crippen LogP contribution is -2.36. The number of aliphatic hydroxyl groups is 1. The van der Waals surface area contributed by atoms with Gasteiger partial charge in [-0.25, -0.2) is 4.79 Å². The minimum atomic E-state index is -0.346. The Kier molecular flexibility index (Phi) is 5.03. The van der Waals surface area contributed by atoms with Crippen LogP contribution < -0.4 is 10.6 Å². The number of hydrogen-bond donors (Lipinski definition) is 3. The van der Waals surface area contributed by atoms with Crippen LogP contribution in [0.15, 0.2) is 30.3 Å². The maximum atomic E-state index is 11.7. The van der Waals surface area contributed by atoms with Gasteiger partial charge in [0.15, 0.2) is 0 Å². The van der Waals surface area contributed by atoms with Gasteiger partial charge in [0, 0.05) is 18.2 Å². The number of amides is 2. The van der Waals surface area contributed by atoms with Gasteiger partial charge in [-0.1, -0.05) is 41.7 Å². The molecule has 20 heavy (non-hydrogen) atoms. The van der Waals surface area contributed by atoms with Crippen LogP contribution in [0.2, 0.25) is 0 Å². The van der Waals surface area contributed by atoms with Crippen molar-refractivity contribution in [2.24, 2.45) is 0 Å². The molecule has 0 saturated carbocycles. The lowest BCUT2D eigenvalue weighted by atomic mass is 10.2. The summed E-state index contributed by atoms with van der Waals surface area (Å²) in [5, 5.41) is 23.3. The molecule has 0 aliphatic carbocycles. The first-order chi connectivity index (χ1) is 9.69. The van der Waals surface area contributed by atoms with Crippen molar-refractivity contribution in [3.63, 3.8) is 0 Å². The van der Waals surface area contributed by atoms with Gasteiger partial charge in [0.1, 0.15) is 5.01 Å². The molecule has 0 radical (unpaired) electrons. The molecule has 0 unspecified atom stereocenters. The molecule has 0 fully saturated rings. The van der Waals surface area contributed by atoms with E-state index in [4.69, 9.17) is 5.11 Å². The molecule has 7 heteroatoms. The summed E-state index contributed by atoms with van der Waals surface area (Å²) in [6.45, 7) is 1.86. The number of rotatable bonds is 5. The van der Waals surface area contributed by atoms with E-state index < -0.39 is 0 Å². The largest absolute Gasteiger partial charge is 0.396 e. The van der Waals surface area contributed by atoms with E-state index in [9.17, 15) is 4.79 Å². The number of aromatic nitrogens is 2. The fourth-order valence-corrected chi connectivity index (χ4v) is 2.34. The Labute approximate surface area is 120 Å². The van der Waals surface area contributed by atoms with Crippen LogP contribution in [-0.2, 0) is 0 Å². The molecular weight excluding hydrogens is 276 g/mol. The molecule has 0 aliphatic heterocycles. The highest BCUT2D eigenvalue weighted by molar-refractivity contribution is 7.18. The lowest BCUT2D eigenvalue weighted by molar-refractivity contribution is 0.241. The Hall–Kier alpha value is -1.99. The minimum Gasteiger partial charge on any atom is -0.396 e. The molecule has 0 aliphatic rings. The standard InChI is InChI=1S/C13H16N4O2S/c1-9(7-8-18)14-12(19)15-13-17-16-11(20-13)10-5-3-2-4-6-10/h2-6,9,18H,7-8H2,1H3,(H2,14,15,17,19)/t9-/m1/s1. The van der Waals surface area contributed by atoms with Crippen LogP contribution >= 0.6 is 11.3 Å². The van der Waals surface area contributed by atoms with Gasteiger partial charge in [0.2, 0.25) is 5.13 Å². The van der Waals surface area contributed by atoms with Crippen molar-refractivity contribution in [1.29, 1.82) is 0 Å². The van der Waals surface area contributed by atoms with Crippen LogP contribution in [-0.4, -0.2) is 34.0 Å². The first-order valence-corrected chi connectivity index (χ1v) is 7.08. The smallest absolute Gasteiger partial charge is 0.321 e. The van der Waals surface area contributed by atoms with Crippen molar-refractivity contribution in [2.45, 2.75) is 19.4 Å². The van der Waals surface area contributed by atoms with E-state index in [0.717, 1.165) is 10.6 Å². The van der Waals surface area contributed by atoms with E-state index >= 15 is 0 Å². The summed E-state index contributed by atoms with van der Waals surface area (Å²) in [5.41, 5.74) is 0.965. The maximum Gasteiger partial charge on any atom is 0.321 e. The van der Waals surface area contributed by atoms with Crippen LogP contribution in [0.4, 0.5) is 9.93 Å². The van der Waals surface area contributed by atoms with Crippen molar-refractivity contribution in [3.05, 3.63) is 30.3 Å². The highest BCUT2D eigenvalue weighted by Gasteiger charge is 2.11. The average molecular weight is 292 g/mol. The fraction of sp³-hybridized carbons (Fsp3) is 0.308. The number of anilines is 1. The summed E-state index contributed by atoms with van der Waals surface area (Å²) in [6, 6.07) is 9.21. The number of urea groups is 1. The van der Waals surface area contributed by atoms with Gasteiger partial charge in [-0.3, -0.25) is 5.32 Å². The topological polar surface area (TPSA) is 87.1 Å². The Morgan fingerprint density at radius 1 is 1.35 bits per heavy atom. The molecular formula is C13H16N4O2S. The van der Waals surface area contributed by atoms with Gasteiger partial charge in [0.25, 0.3) is 0 Å². The van der Waals surface area contributed by atoms with E-state index in [0.29, 0.717) is 11.6 Å². The van der Waals surface area contributed by atoms with Crippen molar-refractivity contribution in [3.8, 4) is 10.6 Å². The van der Waals surface area contributed by atoms with Crippen LogP contribution in [0.3, 0.4) is 0 Å². The third kappa shape index (κ3) is 4.01. The molecule has 1 aromatic heterocycles. The van der Waals surface area contributed by atoms with E-state index in [2.05, 4.69) is 20.8 Å². The van der Waals surface area contributed by atoms with E-state index in [-0.39, 0.29) is 18.7 Å². The second-order valence-corrected chi connectivity index (χ2v) is 5.27. The fourth-order valence-electron chi connectivity index (χ4n) is 1.59. The zero-order chi connectivity index (χ0) is 14.4. The summed E-state index contributed by atoms with van der Waals surface area (Å²) < 4.78 is 0. The van der Waals surface area contributed by atoms with Crippen LogP contribution in [0.1, 0.15) is 13.3 Å². The number of carbonyl (C=O) groups is 1. The quantitative estimate of drug-likeness (QED) is 0.787. The monoisotopic (exact) mass is 292 g/mol. The Morgan fingerprint density at radius 2 is 2.10 bits per heavy atom. The second kappa shape index (κ2) is 6.97. The first-order valence-electron chi connectivity index (χ1n) is 6.26. The number of nitrogens with zero attached hydrogens (tertiary/aromatic N) is 2. The third-order valence-corrected chi connectivity index (χ3v) is 3.49. The van der Waals surface area contributed by atoms with E-state index in [1.165, 1.54) is 11.3 Å². The van der Waals surface area contributed by atoms with Gasteiger partial charge >= 0.3 is 6.03 Å². The predicted molar refractivity (Wildman–Crippen MR) is 78.7 cm³/mol. The molecule has 1 atom stereocenters. The number of carbonyl (C=O) groups excluding carboxylic acids is 1. The molecule has 2 amide bonds. The highest BCUT2D eigenvalue weighted by atomic mass is 32.1. The number of nitrogens with one attached hydrogen (secondary N) is 2. The number of benzene rings is 1. The molecule has 0 spiro atoms. The molecule has 3 N–H and O–H groups in total. The summed E-state index contributed by atoms with van der Waals surface area (Å²) in [5.74, 6) is 0. The predicted octanol–water partition coefficient (Wildman–Crippen LogP) is 2.10. The molecule has 0 bridgehead atoms. The minimum absolute atomic E-state index is 0.0401. The maximum absolute atomic E-state index is 11.7. The van der Waals surface area contributed by atoms with E-state index in [1.807, 2.05) is 37.3 Å². The number of aliphatic hydroxyl groups excluding tert-OH is 1. The summed E-state index contributed by atoms with van der Waals surface area (Å²) in [7, 11) is 0. The van der Waals surface area contributed by atoms with Crippen molar-refractivity contribution >= 4 is 22.5 Å². The normalized spacial score (nSPS) is 11.9. The number of hydrogen-bond acceptors (Lipinski definition) is 5. The van der Waals surface area contributed by atoms with Gasteiger partial charge in [-0.05, 0) is 13.3 Å². The molecule has 1 aromatic carbocycles. The summed E-state index contributed by atoms with van der Waals surface area (Å²) >= 11 is 1.31. The molecule has 2 rings (SSSR count). The van der Waals surface area contributed by atoms with Crippen molar-refractivity contribution < 1.29 is 9.90 Å². The van der Waals surface area contributed by atoms with Gasteiger partial charge < -0.3 is 10.4 Å². The van der Waals surface area contributed by atoms with Gasteiger partial charge in [0.05, 0.1) is 0 Å². The van der Waals surface area contributed by atoms with Crippen LogP contribution in [0, 0.1) is 0 Å². The SMILES string of the molecule is C[C@H](CCO)NC(=O)Nc1nnc(-c2ccccc2)s1. The van der Waals surface area contributed by atoms with Crippen LogP contribution in [0.5, 0.6) is 0 Å². The average Bonchev–Trinajstić information content (AvgIpc) is 2.88. The summed E-state index contributed by atoms with van der Waals surface area (Å²) in [4.78, 5) is 11.7. The highest BCUT2D eigenvalue weighted by Crippen LogP contribution is 2.25. The van der Waals surface area contributed by atoms with Crippen molar-refractivity contribution in [1.82, 2.24) is 15.5 Å². The molecule has 106 valence electrons. The van der Waals surface area contributed by atoms with Crippen molar-refractivity contribution in [2.75, 3.05) is 11.9 Å². The first kappa shape index (κ1) is 14.4. The Bertz CT molecular complexity index is 559. The second-order valence-electron chi connectivity index (χ2n) is 4.29. The molecule has 1 heterocycles. The Morgan fingerprint density at radius 3 is 2.80 bits per heavy atom. The molecule has 6 nitrogen and oxygen atoms in total. The lowest BCUT2D eigenvalue weighted by Gasteiger charge is -2.11. The van der Waals surface area contributed by atoms with Crippen LogP contribution in [0.25, 0.3) is 10.6 Å². The molecule has 0 saturated heterocycles. The van der Waals surface area contributed by atoms with Gasteiger partial charge in [-0.2, -0.15) is 0 Å². The zero-order valence-electron chi connectivity index (χ0n) is 11.0. The molecule has 2 aromatic rings. The Balaban J connectivity index is 1.95.